The zero-order valence-electron chi connectivity index (χ0n) is 17.3. The molecular formula is C21H28N6O3. The van der Waals surface area contributed by atoms with Crippen molar-refractivity contribution in [1.82, 2.24) is 15.1 Å². The van der Waals surface area contributed by atoms with Gasteiger partial charge in [-0.05, 0) is 19.1 Å². The molecular weight excluding hydrogens is 384 g/mol. The summed E-state index contributed by atoms with van der Waals surface area (Å²) in [4.78, 5) is 19.0. The minimum absolute atomic E-state index is 0.108. The second-order valence-corrected chi connectivity index (χ2v) is 7.20. The number of rotatable bonds is 5. The number of ether oxygens (including phenoxy) is 2. The normalized spacial score (nSPS) is 17.0. The summed E-state index contributed by atoms with van der Waals surface area (Å²) in [7, 11) is 0. The Bertz CT molecular complexity index is 850. The number of urea groups is 1. The number of piperazine rings is 1. The smallest absolute Gasteiger partial charge is 0.322 e. The number of carbonyl (C=O) groups is 1. The number of benzene rings is 1. The lowest BCUT2D eigenvalue weighted by molar-refractivity contribution is 0.122. The van der Waals surface area contributed by atoms with Gasteiger partial charge in [0.1, 0.15) is 5.75 Å². The van der Waals surface area contributed by atoms with Gasteiger partial charge in [-0.25, -0.2) is 4.79 Å². The van der Waals surface area contributed by atoms with Crippen molar-refractivity contribution in [2.75, 3.05) is 74.2 Å². The van der Waals surface area contributed by atoms with Gasteiger partial charge in [0.25, 0.3) is 0 Å². The van der Waals surface area contributed by atoms with E-state index in [4.69, 9.17) is 9.47 Å². The quantitative estimate of drug-likeness (QED) is 0.805. The number of morpholine rings is 1. The molecule has 160 valence electrons. The van der Waals surface area contributed by atoms with Gasteiger partial charge in [-0.15, -0.1) is 5.10 Å². The summed E-state index contributed by atoms with van der Waals surface area (Å²) in [5.41, 5.74) is 1.73. The van der Waals surface area contributed by atoms with Gasteiger partial charge >= 0.3 is 6.03 Å². The molecule has 2 amide bonds. The summed E-state index contributed by atoms with van der Waals surface area (Å²) in [5.74, 6) is 1.56. The Morgan fingerprint density at radius 1 is 1.10 bits per heavy atom. The van der Waals surface area contributed by atoms with Crippen LogP contribution in [0.2, 0.25) is 0 Å². The van der Waals surface area contributed by atoms with Crippen LogP contribution in [0, 0.1) is 0 Å². The van der Waals surface area contributed by atoms with E-state index in [-0.39, 0.29) is 6.03 Å². The lowest BCUT2D eigenvalue weighted by Gasteiger charge is -2.36. The summed E-state index contributed by atoms with van der Waals surface area (Å²) in [6.07, 6.45) is 1.79. The molecule has 2 aliphatic heterocycles. The van der Waals surface area contributed by atoms with E-state index in [9.17, 15) is 4.79 Å². The molecule has 0 aliphatic carbocycles. The number of anilines is 3. The standard InChI is InChI=1S/C21H28N6O3/c1-2-30-19-6-4-3-5-18(19)23-21(28)27-9-7-25(8-10-27)17-15-20(24-22-16-17)26-11-13-29-14-12-26/h3-6,15-16H,2,7-14H2,1H3,(H,23,28). The predicted octanol–water partition coefficient (Wildman–Crippen LogP) is 2.07. The van der Waals surface area contributed by atoms with Gasteiger partial charge in [-0.1, -0.05) is 12.1 Å². The summed E-state index contributed by atoms with van der Waals surface area (Å²) >= 11 is 0. The molecule has 9 nitrogen and oxygen atoms in total. The van der Waals surface area contributed by atoms with Gasteiger partial charge in [0.2, 0.25) is 0 Å². The molecule has 4 rings (SSSR count). The Hall–Kier alpha value is -3.07. The average molecular weight is 412 g/mol. The number of hydrogen-bond acceptors (Lipinski definition) is 7. The number of amides is 2. The zero-order chi connectivity index (χ0) is 20.8. The molecule has 3 heterocycles. The predicted molar refractivity (Wildman–Crippen MR) is 115 cm³/mol. The van der Waals surface area contributed by atoms with Crippen LogP contribution in [0.3, 0.4) is 0 Å². The maximum atomic E-state index is 12.7. The first kappa shape index (κ1) is 20.2. The lowest BCUT2D eigenvalue weighted by Crippen LogP contribution is -2.50. The average Bonchev–Trinajstić information content (AvgIpc) is 2.81. The van der Waals surface area contributed by atoms with Crippen LogP contribution in [-0.4, -0.2) is 80.2 Å². The molecule has 2 aromatic rings. The largest absolute Gasteiger partial charge is 0.492 e. The van der Waals surface area contributed by atoms with Gasteiger partial charge in [-0.3, -0.25) is 0 Å². The topological polar surface area (TPSA) is 83.1 Å². The van der Waals surface area contributed by atoms with Crippen molar-refractivity contribution in [2.45, 2.75) is 6.92 Å². The minimum Gasteiger partial charge on any atom is -0.492 e. The van der Waals surface area contributed by atoms with Gasteiger partial charge in [0, 0.05) is 45.3 Å². The zero-order valence-corrected chi connectivity index (χ0v) is 17.3. The summed E-state index contributed by atoms with van der Waals surface area (Å²) in [6, 6.07) is 9.47. The van der Waals surface area contributed by atoms with Crippen molar-refractivity contribution in [1.29, 1.82) is 0 Å². The monoisotopic (exact) mass is 412 g/mol. The van der Waals surface area contributed by atoms with E-state index in [1.54, 1.807) is 6.20 Å². The summed E-state index contributed by atoms with van der Waals surface area (Å²) in [5, 5.41) is 11.4. The van der Waals surface area contributed by atoms with E-state index in [0.717, 1.165) is 37.7 Å². The Morgan fingerprint density at radius 3 is 2.63 bits per heavy atom. The summed E-state index contributed by atoms with van der Waals surface area (Å²) in [6.45, 7) is 8.33. The molecule has 9 heteroatoms. The van der Waals surface area contributed by atoms with Crippen molar-refractivity contribution in [3.8, 4) is 5.75 Å². The van der Waals surface area contributed by atoms with Gasteiger partial charge < -0.3 is 29.5 Å². The minimum atomic E-state index is -0.108. The van der Waals surface area contributed by atoms with Gasteiger partial charge in [-0.2, -0.15) is 5.10 Å². The third-order valence-electron chi connectivity index (χ3n) is 5.32. The molecule has 2 saturated heterocycles. The molecule has 2 aliphatic rings. The highest BCUT2D eigenvalue weighted by Crippen LogP contribution is 2.25. The fourth-order valence-electron chi connectivity index (χ4n) is 3.68. The van der Waals surface area contributed by atoms with Crippen molar-refractivity contribution in [2.24, 2.45) is 0 Å². The third-order valence-corrected chi connectivity index (χ3v) is 5.32. The van der Waals surface area contributed by atoms with E-state index < -0.39 is 0 Å². The maximum Gasteiger partial charge on any atom is 0.322 e. The number of para-hydroxylation sites is 2. The molecule has 0 atom stereocenters. The molecule has 1 N–H and O–H groups in total. The van der Waals surface area contributed by atoms with Crippen LogP contribution in [0.1, 0.15) is 6.92 Å². The van der Waals surface area contributed by atoms with Gasteiger partial charge in [0.05, 0.1) is 37.4 Å². The van der Waals surface area contributed by atoms with Crippen LogP contribution in [0.25, 0.3) is 0 Å². The van der Waals surface area contributed by atoms with Crippen molar-refractivity contribution in [3.63, 3.8) is 0 Å². The van der Waals surface area contributed by atoms with Crippen LogP contribution < -0.4 is 19.9 Å². The molecule has 0 unspecified atom stereocenters. The van der Waals surface area contributed by atoms with Crippen molar-refractivity contribution in [3.05, 3.63) is 36.5 Å². The maximum absolute atomic E-state index is 12.7. The van der Waals surface area contributed by atoms with E-state index >= 15 is 0 Å². The van der Waals surface area contributed by atoms with E-state index in [1.807, 2.05) is 36.1 Å². The second-order valence-electron chi connectivity index (χ2n) is 7.20. The van der Waals surface area contributed by atoms with Crippen LogP contribution in [-0.2, 0) is 4.74 Å². The third kappa shape index (κ3) is 4.73. The van der Waals surface area contributed by atoms with E-state index in [1.165, 1.54) is 0 Å². The highest BCUT2D eigenvalue weighted by atomic mass is 16.5. The Kier molecular flexibility index (Phi) is 6.48. The molecule has 1 aromatic heterocycles. The molecule has 0 radical (unpaired) electrons. The van der Waals surface area contributed by atoms with Crippen LogP contribution in [0.4, 0.5) is 22.0 Å². The highest BCUT2D eigenvalue weighted by Gasteiger charge is 2.23. The highest BCUT2D eigenvalue weighted by molar-refractivity contribution is 5.91. The van der Waals surface area contributed by atoms with Crippen molar-refractivity contribution >= 4 is 23.2 Å². The lowest BCUT2D eigenvalue weighted by atomic mass is 10.2. The Morgan fingerprint density at radius 2 is 1.87 bits per heavy atom. The molecule has 1 aromatic carbocycles. The van der Waals surface area contributed by atoms with Crippen LogP contribution in [0.5, 0.6) is 5.75 Å². The van der Waals surface area contributed by atoms with Crippen LogP contribution in [0.15, 0.2) is 36.5 Å². The second kappa shape index (κ2) is 9.62. The first-order valence-electron chi connectivity index (χ1n) is 10.4. The molecule has 30 heavy (non-hydrogen) atoms. The number of nitrogens with one attached hydrogen (secondary N) is 1. The molecule has 0 saturated carbocycles. The SMILES string of the molecule is CCOc1ccccc1NC(=O)N1CCN(c2cnnc(N3CCOCC3)c2)CC1. The fourth-order valence-corrected chi connectivity index (χ4v) is 3.68. The Labute approximate surface area is 176 Å². The van der Waals surface area contributed by atoms with Gasteiger partial charge in [0.15, 0.2) is 5.82 Å². The molecule has 0 spiro atoms. The number of aromatic nitrogens is 2. The molecule has 0 bridgehead atoms. The van der Waals surface area contributed by atoms with Crippen LogP contribution >= 0.6 is 0 Å². The number of hydrogen-bond donors (Lipinski definition) is 1. The van der Waals surface area contributed by atoms with E-state index in [2.05, 4.69) is 31.4 Å². The first-order chi connectivity index (χ1) is 14.7. The fraction of sp³-hybridized carbons (Fsp3) is 0.476. The van der Waals surface area contributed by atoms with Crippen molar-refractivity contribution < 1.29 is 14.3 Å². The van der Waals surface area contributed by atoms with E-state index in [0.29, 0.717) is 44.3 Å². The number of nitrogens with zero attached hydrogens (tertiary/aromatic N) is 5. The Balaban J connectivity index is 1.34. The summed E-state index contributed by atoms with van der Waals surface area (Å²) < 4.78 is 11.0. The molecule has 2 fully saturated rings. The first-order valence-corrected chi connectivity index (χ1v) is 10.4. The number of carbonyl (C=O) groups excluding carboxylic acids is 1.